The summed E-state index contributed by atoms with van der Waals surface area (Å²) >= 11 is 0. The molecule has 1 aromatic carbocycles. The fourth-order valence-corrected chi connectivity index (χ4v) is 1.66. The van der Waals surface area contributed by atoms with E-state index in [9.17, 15) is 4.79 Å². The summed E-state index contributed by atoms with van der Waals surface area (Å²) in [5.41, 5.74) is 6.64. The number of amides is 1. The first-order valence-corrected chi connectivity index (χ1v) is 6.04. The molecule has 0 aliphatic carbocycles. The van der Waals surface area contributed by atoms with E-state index < -0.39 is 6.04 Å². The highest BCUT2D eigenvalue weighted by atomic mass is 16.5. The number of aryl methyl sites for hydroxylation is 1. The zero-order valence-corrected chi connectivity index (χ0v) is 10.7. The van der Waals surface area contributed by atoms with Crippen LogP contribution in [0.3, 0.4) is 0 Å². The minimum absolute atomic E-state index is 0.220. The van der Waals surface area contributed by atoms with Crippen LogP contribution in [0.15, 0.2) is 34.9 Å². The topological polar surface area (TPSA) is 94.0 Å². The Balaban J connectivity index is 1.81. The normalized spacial score (nSPS) is 12.1. The third-order valence-corrected chi connectivity index (χ3v) is 2.65. The van der Waals surface area contributed by atoms with Crippen LogP contribution in [0.1, 0.15) is 23.3 Å². The van der Waals surface area contributed by atoms with Crippen LogP contribution < -0.4 is 11.1 Å². The van der Waals surface area contributed by atoms with Gasteiger partial charge in [-0.3, -0.25) is 4.79 Å². The summed E-state index contributed by atoms with van der Waals surface area (Å²) in [4.78, 5) is 15.9. The molecular weight excluding hydrogens is 244 g/mol. The summed E-state index contributed by atoms with van der Waals surface area (Å²) < 4.78 is 4.95. The Morgan fingerprint density at radius 2 is 2.16 bits per heavy atom. The lowest BCUT2D eigenvalue weighted by molar-refractivity contribution is -0.122. The van der Waals surface area contributed by atoms with Gasteiger partial charge in [0.25, 0.3) is 0 Å². The standard InChI is InChI=1S/C13H16N4O2/c1-9-16-11(19-17-9)7-8-15-13(18)12(14)10-5-3-2-4-6-10/h2-6,12H,7-8,14H2,1H3,(H,15,18). The number of carbonyl (C=O) groups excluding carboxylic acids is 1. The van der Waals surface area contributed by atoms with Crippen molar-refractivity contribution in [3.8, 4) is 0 Å². The Hall–Kier alpha value is -2.21. The van der Waals surface area contributed by atoms with Crippen molar-refractivity contribution in [1.82, 2.24) is 15.5 Å². The van der Waals surface area contributed by atoms with Gasteiger partial charge in [0.2, 0.25) is 11.8 Å². The van der Waals surface area contributed by atoms with Crippen molar-refractivity contribution in [3.05, 3.63) is 47.6 Å². The zero-order valence-electron chi connectivity index (χ0n) is 10.7. The Bertz CT molecular complexity index is 539. The fraction of sp³-hybridized carbons (Fsp3) is 0.308. The van der Waals surface area contributed by atoms with Crippen molar-refractivity contribution in [2.75, 3.05) is 6.54 Å². The zero-order chi connectivity index (χ0) is 13.7. The first-order chi connectivity index (χ1) is 9.16. The van der Waals surface area contributed by atoms with E-state index in [0.717, 1.165) is 5.56 Å². The van der Waals surface area contributed by atoms with E-state index in [2.05, 4.69) is 15.5 Å². The number of hydrogen-bond acceptors (Lipinski definition) is 5. The van der Waals surface area contributed by atoms with E-state index in [4.69, 9.17) is 10.3 Å². The summed E-state index contributed by atoms with van der Waals surface area (Å²) in [6.07, 6.45) is 0.494. The molecule has 1 aromatic heterocycles. The molecular formula is C13H16N4O2. The number of rotatable bonds is 5. The molecule has 0 radical (unpaired) electrons. The third-order valence-electron chi connectivity index (χ3n) is 2.65. The molecule has 1 unspecified atom stereocenters. The molecule has 0 aliphatic rings. The van der Waals surface area contributed by atoms with Crippen LogP contribution in [0.4, 0.5) is 0 Å². The average molecular weight is 260 g/mol. The largest absolute Gasteiger partial charge is 0.354 e. The molecule has 1 amide bonds. The quantitative estimate of drug-likeness (QED) is 0.826. The van der Waals surface area contributed by atoms with E-state index in [1.54, 1.807) is 6.92 Å². The molecule has 0 fully saturated rings. The minimum atomic E-state index is -0.661. The predicted molar refractivity (Wildman–Crippen MR) is 69.1 cm³/mol. The molecule has 6 heteroatoms. The van der Waals surface area contributed by atoms with Gasteiger partial charge in [-0.1, -0.05) is 35.5 Å². The Kier molecular flexibility index (Phi) is 4.25. The lowest BCUT2D eigenvalue weighted by Gasteiger charge is -2.11. The van der Waals surface area contributed by atoms with Crippen LogP contribution in [0.5, 0.6) is 0 Å². The highest BCUT2D eigenvalue weighted by Crippen LogP contribution is 2.09. The van der Waals surface area contributed by atoms with Gasteiger partial charge in [-0.05, 0) is 12.5 Å². The van der Waals surface area contributed by atoms with Crippen molar-refractivity contribution in [3.63, 3.8) is 0 Å². The van der Waals surface area contributed by atoms with Crippen LogP contribution in [-0.2, 0) is 11.2 Å². The summed E-state index contributed by atoms with van der Waals surface area (Å²) in [6, 6.07) is 8.57. The average Bonchev–Trinajstić information content (AvgIpc) is 2.84. The number of carbonyl (C=O) groups is 1. The molecule has 0 spiro atoms. The SMILES string of the molecule is Cc1noc(CCNC(=O)C(N)c2ccccc2)n1. The van der Waals surface area contributed by atoms with Crippen molar-refractivity contribution in [2.45, 2.75) is 19.4 Å². The van der Waals surface area contributed by atoms with Crippen LogP contribution in [0, 0.1) is 6.92 Å². The Morgan fingerprint density at radius 3 is 2.79 bits per heavy atom. The number of nitrogens with two attached hydrogens (primary N) is 1. The van der Waals surface area contributed by atoms with Crippen molar-refractivity contribution in [1.29, 1.82) is 0 Å². The van der Waals surface area contributed by atoms with Gasteiger partial charge in [-0.15, -0.1) is 0 Å². The lowest BCUT2D eigenvalue weighted by Crippen LogP contribution is -2.35. The maximum absolute atomic E-state index is 11.8. The molecule has 1 heterocycles. The minimum Gasteiger partial charge on any atom is -0.354 e. The van der Waals surface area contributed by atoms with Crippen LogP contribution >= 0.6 is 0 Å². The predicted octanol–water partition coefficient (Wildman–Crippen LogP) is 0.737. The number of nitrogens with one attached hydrogen (secondary N) is 1. The molecule has 100 valence electrons. The van der Waals surface area contributed by atoms with Crippen molar-refractivity contribution >= 4 is 5.91 Å². The molecule has 6 nitrogen and oxygen atoms in total. The van der Waals surface area contributed by atoms with E-state index in [0.29, 0.717) is 24.7 Å². The number of hydrogen-bond donors (Lipinski definition) is 2. The van der Waals surface area contributed by atoms with Gasteiger partial charge in [0.15, 0.2) is 5.82 Å². The number of aromatic nitrogens is 2. The molecule has 1 atom stereocenters. The van der Waals surface area contributed by atoms with Crippen molar-refractivity contribution in [2.24, 2.45) is 5.73 Å². The monoisotopic (exact) mass is 260 g/mol. The maximum atomic E-state index is 11.8. The smallest absolute Gasteiger partial charge is 0.241 e. The highest BCUT2D eigenvalue weighted by molar-refractivity contribution is 5.82. The van der Waals surface area contributed by atoms with Gasteiger partial charge in [0.05, 0.1) is 0 Å². The summed E-state index contributed by atoms with van der Waals surface area (Å²) in [5.74, 6) is 0.871. The second kappa shape index (κ2) is 6.10. The molecule has 3 N–H and O–H groups in total. The van der Waals surface area contributed by atoms with E-state index in [-0.39, 0.29) is 5.91 Å². The van der Waals surface area contributed by atoms with Crippen LogP contribution in [0.25, 0.3) is 0 Å². The van der Waals surface area contributed by atoms with Gasteiger partial charge >= 0.3 is 0 Å². The number of benzene rings is 1. The second-order valence-electron chi connectivity index (χ2n) is 4.16. The van der Waals surface area contributed by atoms with Gasteiger partial charge < -0.3 is 15.6 Å². The maximum Gasteiger partial charge on any atom is 0.241 e. The molecule has 19 heavy (non-hydrogen) atoms. The third kappa shape index (κ3) is 3.62. The van der Waals surface area contributed by atoms with Gasteiger partial charge in [-0.2, -0.15) is 4.98 Å². The van der Waals surface area contributed by atoms with Gasteiger partial charge in [0.1, 0.15) is 6.04 Å². The molecule has 0 saturated carbocycles. The highest BCUT2D eigenvalue weighted by Gasteiger charge is 2.15. The summed E-state index contributed by atoms with van der Waals surface area (Å²) in [6.45, 7) is 2.16. The first kappa shape index (κ1) is 13.2. The first-order valence-electron chi connectivity index (χ1n) is 6.04. The molecule has 2 aromatic rings. The molecule has 0 bridgehead atoms. The summed E-state index contributed by atoms with van der Waals surface area (Å²) in [7, 11) is 0. The lowest BCUT2D eigenvalue weighted by atomic mass is 10.1. The van der Waals surface area contributed by atoms with Gasteiger partial charge in [0, 0.05) is 13.0 Å². The number of nitrogens with zero attached hydrogens (tertiary/aromatic N) is 2. The molecule has 2 rings (SSSR count). The fourth-order valence-electron chi connectivity index (χ4n) is 1.66. The Morgan fingerprint density at radius 1 is 1.42 bits per heavy atom. The van der Waals surface area contributed by atoms with Crippen LogP contribution in [0.2, 0.25) is 0 Å². The van der Waals surface area contributed by atoms with Crippen LogP contribution in [-0.4, -0.2) is 22.6 Å². The molecule has 0 saturated heterocycles. The van der Waals surface area contributed by atoms with E-state index in [1.165, 1.54) is 0 Å². The Labute approximate surface area is 111 Å². The van der Waals surface area contributed by atoms with E-state index >= 15 is 0 Å². The second-order valence-corrected chi connectivity index (χ2v) is 4.16. The van der Waals surface area contributed by atoms with Gasteiger partial charge in [-0.25, -0.2) is 0 Å². The molecule has 0 aliphatic heterocycles. The van der Waals surface area contributed by atoms with E-state index in [1.807, 2.05) is 30.3 Å². The summed E-state index contributed by atoms with van der Waals surface area (Å²) in [5, 5.41) is 6.42. The van der Waals surface area contributed by atoms with Crippen molar-refractivity contribution < 1.29 is 9.32 Å².